The molecule has 0 aliphatic heterocycles. The zero-order valence-electron chi connectivity index (χ0n) is 10.6. The van der Waals surface area contributed by atoms with Gasteiger partial charge in [-0.15, -0.1) is 0 Å². The molecule has 0 saturated carbocycles. The molecule has 0 bridgehead atoms. The van der Waals surface area contributed by atoms with Crippen LogP contribution >= 0.6 is 0 Å². The van der Waals surface area contributed by atoms with Crippen molar-refractivity contribution in [3.8, 4) is 0 Å². The second kappa shape index (κ2) is 5.02. The number of benzene rings is 3. The maximum absolute atomic E-state index is 13.8. The molecule has 100 valence electrons. The first-order chi connectivity index (χ1) is 9.66. The lowest BCUT2D eigenvalue weighted by Gasteiger charge is -2.14. The summed E-state index contributed by atoms with van der Waals surface area (Å²) in [5.74, 6) is -0.747. The third-order valence-corrected chi connectivity index (χ3v) is 3.36. The number of aliphatic hydroxyl groups is 1. The summed E-state index contributed by atoms with van der Waals surface area (Å²) in [4.78, 5) is 0. The standard InChI is InChI=1S/C17H12F2O/c18-12-5-3-4-11(10-12)17(20)15-8-9-16(19)14-7-2-1-6-13(14)15/h1-10,17,20H. The SMILES string of the molecule is OC(c1cccc(F)c1)c1ccc(F)c2ccccc12. The van der Waals surface area contributed by atoms with E-state index in [1.54, 1.807) is 36.4 Å². The van der Waals surface area contributed by atoms with Gasteiger partial charge in [0.2, 0.25) is 0 Å². The van der Waals surface area contributed by atoms with E-state index in [2.05, 4.69) is 0 Å². The summed E-state index contributed by atoms with van der Waals surface area (Å²) in [7, 11) is 0. The predicted molar refractivity (Wildman–Crippen MR) is 74.4 cm³/mol. The molecule has 0 heterocycles. The third kappa shape index (κ3) is 2.17. The molecule has 0 spiro atoms. The van der Waals surface area contributed by atoms with Crippen LogP contribution in [0.1, 0.15) is 17.2 Å². The smallest absolute Gasteiger partial charge is 0.131 e. The molecule has 3 heteroatoms. The highest BCUT2D eigenvalue weighted by molar-refractivity contribution is 5.86. The first kappa shape index (κ1) is 12.8. The van der Waals surface area contributed by atoms with Crippen LogP contribution in [-0.4, -0.2) is 5.11 Å². The van der Waals surface area contributed by atoms with Gasteiger partial charge in [-0.05, 0) is 34.7 Å². The fourth-order valence-electron chi connectivity index (χ4n) is 2.38. The van der Waals surface area contributed by atoms with Crippen molar-refractivity contribution < 1.29 is 13.9 Å². The van der Waals surface area contributed by atoms with E-state index >= 15 is 0 Å². The van der Waals surface area contributed by atoms with Crippen molar-refractivity contribution in [2.24, 2.45) is 0 Å². The summed E-state index contributed by atoms with van der Waals surface area (Å²) in [5, 5.41) is 11.5. The Morgan fingerprint density at radius 3 is 2.30 bits per heavy atom. The molecule has 3 rings (SSSR count). The Bertz CT molecular complexity index is 768. The summed E-state index contributed by atoms with van der Waals surface area (Å²) in [5.41, 5.74) is 1.01. The Morgan fingerprint density at radius 2 is 1.55 bits per heavy atom. The number of halogens is 2. The largest absolute Gasteiger partial charge is 0.384 e. The fraction of sp³-hybridized carbons (Fsp3) is 0.0588. The molecule has 0 aliphatic carbocycles. The van der Waals surface area contributed by atoms with Crippen LogP contribution in [0.3, 0.4) is 0 Å². The molecule has 0 radical (unpaired) electrons. The molecule has 20 heavy (non-hydrogen) atoms. The average molecular weight is 270 g/mol. The molecule has 1 unspecified atom stereocenters. The van der Waals surface area contributed by atoms with E-state index in [-0.39, 0.29) is 5.82 Å². The van der Waals surface area contributed by atoms with Crippen LogP contribution in [0.4, 0.5) is 8.78 Å². The van der Waals surface area contributed by atoms with Crippen LogP contribution in [0.25, 0.3) is 10.8 Å². The zero-order valence-corrected chi connectivity index (χ0v) is 10.6. The Hall–Kier alpha value is -2.26. The summed E-state index contributed by atoms with van der Waals surface area (Å²) < 4.78 is 27.0. The van der Waals surface area contributed by atoms with Crippen molar-refractivity contribution in [2.45, 2.75) is 6.10 Å². The highest BCUT2D eigenvalue weighted by Gasteiger charge is 2.15. The molecule has 3 aromatic rings. The topological polar surface area (TPSA) is 20.2 Å². The molecular weight excluding hydrogens is 258 g/mol. The summed E-state index contributed by atoms with van der Waals surface area (Å²) in [6, 6.07) is 15.6. The fourth-order valence-corrected chi connectivity index (χ4v) is 2.38. The van der Waals surface area contributed by atoms with Crippen LogP contribution in [0.2, 0.25) is 0 Å². The van der Waals surface area contributed by atoms with E-state index < -0.39 is 11.9 Å². The molecule has 0 saturated heterocycles. The van der Waals surface area contributed by atoms with E-state index in [4.69, 9.17) is 0 Å². The molecular formula is C17H12F2O. The van der Waals surface area contributed by atoms with Crippen LogP contribution in [-0.2, 0) is 0 Å². The van der Waals surface area contributed by atoms with Gasteiger partial charge in [-0.25, -0.2) is 8.78 Å². The quantitative estimate of drug-likeness (QED) is 0.740. The molecule has 0 aliphatic rings. The Balaban J connectivity index is 2.17. The molecule has 1 nitrogen and oxygen atoms in total. The van der Waals surface area contributed by atoms with Crippen LogP contribution in [0.5, 0.6) is 0 Å². The number of aliphatic hydroxyl groups excluding tert-OH is 1. The van der Waals surface area contributed by atoms with Crippen LogP contribution in [0.15, 0.2) is 60.7 Å². The lowest BCUT2D eigenvalue weighted by molar-refractivity contribution is 0.221. The minimum absolute atomic E-state index is 0.337. The van der Waals surface area contributed by atoms with Crippen molar-refractivity contribution in [1.82, 2.24) is 0 Å². The number of hydrogen-bond donors (Lipinski definition) is 1. The van der Waals surface area contributed by atoms with E-state index in [1.165, 1.54) is 24.3 Å². The summed E-state index contributed by atoms with van der Waals surface area (Å²) in [6.07, 6.45) is -0.990. The minimum Gasteiger partial charge on any atom is -0.384 e. The van der Waals surface area contributed by atoms with Gasteiger partial charge in [0.05, 0.1) is 0 Å². The third-order valence-electron chi connectivity index (χ3n) is 3.36. The van der Waals surface area contributed by atoms with Crippen molar-refractivity contribution in [1.29, 1.82) is 0 Å². The van der Waals surface area contributed by atoms with Crippen LogP contribution < -0.4 is 0 Å². The van der Waals surface area contributed by atoms with Gasteiger partial charge in [0.25, 0.3) is 0 Å². The van der Waals surface area contributed by atoms with Crippen molar-refractivity contribution in [2.75, 3.05) is 0 Å². The molecule has 1 atom stereocenters. The molecule has 0 amide bonds. The number of rotatable bonds is 2. The van der Waals surface area contributed by atoms with Crippen molar-refractivity contribution >= 4 is 10.8 Å². The van der Waals surface area contributed by atoms with Gasteiger partial charge in [0.15, 0.2) is 0 Å². The van der Waals surface area contributed by atoms with E-state index in [1.807, 2.05) is 0 Å². The average Bonchev–Trinajstić information content (AvgIpc) is 2.47. The maximum atomic E-state index is 13.8. The minimum atomic E-state index is -0.990. The predicted octanol–water partition coefficient (Wildman–Crippen LogP) is 4.20. The summed E-state index contributed by atoms with van der Waals surface area (Å²) >= 11 is 0. The molecule has 3 aromatic carbocycles. The van der Waals surface area contributed by atoms with E-state index in [9.17, 15) is 13.9 Å². The highest BCUT2D eigenvalue weighted by atomic mass is 19.1. The van der Waals surface area contributed by atoms with Crippen molar-refractivity contribution in [3.05, 3.63) is 83.4 Å². The van der Waals surface area contributed by atoms with Gasteiger partial charge in [0, 0.05) is 5.39 Å². The van der Waals surface area contributed by atoms with Gasteiger partial charge < -0.3 is 5.11 Å². The second-order valence-electron chi connectivity index (χ2n) is 4.64. The molecule has 0 aromatic heterocycles. The van der Waals surface area contributed by atoms with Crippen molar-refractivity contribution in [3.63, 3.8) is 0 Å². The first-order valence-corrected chi connectivity index (χ1v) is 6.27. The maximum Gasteiger partial charge on any atom is 0.131 e. The lowest BCUT2D eigenvalue weighted by Crippen LogP contribution is -2.01. The first-order valence-electron chi connectivity index (χ1n) is 6.27. The number of hydrogen-bond acceptors (Lipinski definition) is 1. The molecule has 1 N–H and O–H groups in total. The Labute approximate surface area is 115 Å². The van der Waals surface area contributed by atoms with Crippen LogP contribution in [0, 0.1) is 11.6 Å². The second-order valence-corrected chi connectivity index (χ2v) is 4.64. The van der Waals surface area contributed by atoms with Gasteiger partial charge >= 0.3 is 0 Å². The van der Waals surface area contributed by atoms with E-state index in [0.717, 1.165) is 0 Å². The monoisotopic (exact) mass is 270 g/mol. The Morgan fingerprint density at radius 1 is 0.800 bits per heavy atom. The number of fused-ring (bicyclic) bond motifs is 1. The summed E-state index contributed by atoms with van der Waals surface area (Å²) in [6.45, 7) is 0. The lowest BCUT2D eigenvalue weighted by atomic mass is 9.95. The van der Waals surface area contributed by atoms with Gasteiger partial charge in [0.1, 0.15) is 17.7 Å². The van der Waals surface area contributed by atoms with Gasteiger partial charge in [-0.3, -0.25) is 0 Å². The molecule has 0 fully saturated rings. The van der Waals surface area contributed by atoms with E-state index in [0.29, 0.717) is 21.9 Å². The van der Waals surface area contributed by atoms with Gasteiger partial charge in [-0.2, -0.15) is 0 Å². The van der Waals surface area contributed by atoms with Gasteiger partial charge in [-0.1, -0.05) is 42.5 Å². The normalized spacial score (nSPS) is 12.6. The Kier molecular flexibility index (Phi) is 3.20. The highest BCUT2D eigenvalue weighted by Crippen LogP contribution is 2.30. The zero-order chi connectivity index (χ0) is 14.1.